The third-order valence-electron chi connectivity index (χ3n) is 8.04. The lowest BCUT2D eigenvalue weighted by atomic mass is 9.75. The van der Waals surface area contributed by atoms with Crippen LogP contribution in [-0.4, -0.2) is 18.2 Å². The quantitative estimate of drug-likeness (QED) is 0.289. The molecule has 5 rings (SSSR count). The van der Waals surface area contributed by atoms with E-state index in [2.05, 4.69) is 26.8 Å². The Labute approximate surface area is 236 Å². The Hall–Kier alpha value is -3.41. The van der Waals surface area contributed by atoms with Crippen molar-refractivity contribution in [1.82, 2.24) is 0 Å². The van der Waals surface area contributed by atoms with Crippen molar-refractivity contribution < 1.29 is 28.2 Å². The molecule has 0 heterocycles. The van der Waals surface area contributed by atoms with E-state index in [0.29, 0.717) is 22.6 Å². The maximum Gasteiger partial charge on any atom is 0.303 e. The van der Waals surface area contributed by atoms with Crippen molar-refractivity contribution in [3.63, 3.8) is 0 Å². The fourth-order valence-electron chi connectivity index (χ4n) is 5.41. The minimum atomic E-state index is -0.934. The molecule has 1 N–H and O–H groups in total. The van der Waals surface area contributed by atoms with E-state index >= 15 is 0 Å². The van der Waals surface area contributed by atoms with E-state index in [-0.39, 0.29) is 36.6 Å². The van der Waals surface area contributed by atoms with Crippen LogP contribution in [0.25, 0.3) is 11.1 Å². The van der Waals surface area contributed by atoms with Crippen LogP contribution >= 0.6 is 0 Å². The number of rotatable bonds is 9. The topological polar surface area (TPSA) is 55.8 Å². The van der Waals surface area contributed by atoms with Crippen molar-refractivity contribution in [2.45, 2.75) is 78.2 Å². The van der Waals surface area contributed by atoms with Crippen molar-refractivity contribution in [1.29, 1.82) is 0 Å². The molecule has 0 aliphatic heterocycles. The van der Waals surface area contributed by atoms with Crippen LogP contribution in [0.3, 0.4) is 0 Å². The number of hydrogen-bond acceptors (Lipinski definition) is 3. The molecule has 2 aliphatic rings. The van der Waals surface area contributed by atoms with Crippen LogP contribution in [-0.2, 0) is 17.8 Å². The lowest BCUT2D eigenvalue weighted by Gasteiger charge is -2.30. The van der Waals surface area contributed by atoms with Crippen molar-refractivity contribution >= 4 is 5.97 Å². The maximum absolute atomic E-state index is 15.0. The van der Waals surface area contributed by atoms with E-state index in [1.807, 2.05) is 12.1 Å². The van der Waals surface area contributed by atoms with Crippen LogP contribution in [0.15, 0.2) is 54.6 Å². The average molecular weight is 551 g/mol. The molecule has 0 spiro atoms. The van der Waals surface area contributed by atoms with Gasteiger partial charge < -0.3 is 14.6 Å². The molecule has 3 aromatic carbocycles. The van der Waals surface area contributed by atoms with Gasteiger partial charge in [-0.25, -0.2) is 8.78 Å². The zero-order valence-corrected chi connectivity index (χ0v) is 23.9. The van der Waals surface area contributed by atoms with Gasteiger partial charge in [0.05, 0.1) is 7.11 Å². The van der Waals surface area contributed by atoms with Gasteiger partial charge >= 0.3 is 5.97 Å². The zero-order chi connectivity index (χ0) is 28.9. The second kappa shape index (κ2) is 12.8. The summed E-state index contributed by atoms with van der Waals surface area (Å²) in [6.45, 7) is 7.00. The first-order valence-electron chi connectivity index (χ1n) is 14.2. The van der Waals surface area contributed by atoms with Crippen molar-refractivity contribution in [3.8, 4) is 22.6 Å². The number of methoxy groups -OCH3 is 1. The van der Waals surface area contributed by atoms with Crippen LogP contribution in [0.2, 0.25) is 0 Å². The van der Waals surface area contributed by atoms with E-state index in [1.54, 1.807) is 25.3 Å². The van der Waals surface area contributed by atoms with E-state index in [9.17, 15) is 13.6 Å². The molecule has 0 bridgehead atoms. The Bertz CT molecular complexity index is 1330. The van der Waals surface area contributed by atoms with Gasteiger partial charge in [-0.2, -0.15) is 0 Å². The molecule has 1 unspecified atom stereocenters. The average Bonchev–Trinajstić information content (AvgIpc) is 3.62. The number of carboxylic acids is 1. The summed E-state index contributed by atoms with van der Waals surface area (Å²) in [7, 11) is 1.57. The minimum Gasteiger partial charge on any atom is -0.497 e. The summed E-state index contributed by atoms with van der Waals surface area (Å²) < 4.78 is 40.3. The van der Waals surface area contributed by atoms with Crippen LogP contribution in [0.4, 0.5) is 8.78 Å². The van der Waals surface area contributed by atoms with Crippen LogP contribution in [0.5, 0.6) is 11.5 Å². The molecule has 0 radical (unpaired) electrons. The number of aliphatic carboxylic acids is 1. The third-order valence-corrected chi connectivity index (χ3v) is 8.04. The van der Waals surface area contributed by atoms with Crippen molar-refractivity contribution in [2.24, 2.45) is 11.3 Å². The summed E-state index contributed by atoms with van der Waals surface area (Å²) >= 11 is 0. The first kappa shape index (κ1) is 29.6. The standard InChI is InChI=1S/C30H32F2O4.C4H8/c1-30(2)12-4-5-27(30)25-15-20(6-9-24(25)26-17-22(35-3)8-10-28(26)32)18-36-23-14-19(7-11-29(33)34)13-21(31)16-23;1-4-2-3-4/h6,8-10,13-17,27H,4-5,7,11-12,18H2,1-3H3,(H,33,34);4H,2-3H2,1H3. The SMILES string of the molecule is CC1CC1.COc1ccc(F)c(-c2ccc(COc3cc(F)cc(CCC(=O)O)c3)cc2C2CCCC2(C)C)c1. The van der Waals surface area contributed by atoms with Gasteiger partial charge in [0.25, 0.3) is 0 Å². The minimum absolute atomic E-state index is 0.0746. The highest BCUT2D eigenvalue weighted by atomic mass is 19.1. The summed E-state index contributed by atoms with van der Waals surface area (Å²) in [5, 5.41) is 8.91. The molecule has 3 aromatic rings. The van der Waals surface area contributed by atoms with Crippen LogP contribution < -0.4 is 9.47 Å². The molecular formula is C34H40F2O4. The van der Waals surface area contributed by atoms with Gasteiger partial charge in [0.2, 0.25) is 0 Å². The molecule has 6 heteroatoms. The van der Waals surface area contributed by atoms with E-state index < -0.39 is 11.8 Å². The first-order valence-corrected chi connectivity index (χ1v) is 14.2. The van der Waals surface area contributed by atoms with Gasteiger partial charge in [-0.15, -0.1) is 0 Å². The number of aryl methyl sites for hydroxylation is 1. The molecule has 0 amide bonds. The number of halogens is 2. The molecule has 2 fully saturated rings. The predicted octanol–water partition coefficient (Wildman–Crippen LogP) is 8.95. The second-order valence-electron chi connectivity index (χ2n) is 11.9. The predicted molar refractivity (Wildman–Crippen MR) is 154 cm³/mol. The molecule has 4 nitrogen and oxygen atoms in total. The summed E-state index contributed by atoms with van der Waals surface area (Å²) in [5.41, 5.74) is 3.97. The maximum atomic E-state index is 15.0. The van der Waals surface area contributed by atoms with E-state index in [0.717, 1.165) is 41.9 Å². The van der Waals surface area contributed by atoms with Crippen molar-refractivity contribution in [2.75, 3.05) is 7.11 Å². The number of carboxylic acid groups (broad SMARTS) is 1. The highest BCUT2D eigenvalue weighted by Crippen LogP contribution is 2.51. The van der Waals surface area contributed by atoms with Gasteiger partial charge in [0.15, 0.2) is 0 Å². The van der Waals surface area contributed by atoms with Gasteiger partial charge in [-0.1, -0.05) is 58.2 Å². The van der Waals surface area contributed by atoms with Crippen LogP contribution in [0, 0.1) is 23.0 Å². The molecular weight excluding hydrogens is 510 g/mol. The van der Waals surface area contributed by atoms with E-state index in [4.69, 9.17) is 14.6 Å². The van der Waals surface area contributed by atoms with E-state index in [1.165, 1.54) is 31.0 Å². The van der Waals surface area contributed by atoms with Gasteiger partial charge in [0.1, 0.15) is 29.7 Å². The molecule has 2 saturated carbocycles. The van der Waals surface area contributed by atoms with Crippen LogP contribution in [0.1, 0.15) is 81.9 Å². The number of hydrogen-bond donors (Lipinski definition) is 1. The summed E-state index contributed by atoms with van der Waals surface area (Å²) in [4.78, 5) is 10.9. The summed E-state index contributed by atoms with van der Waals surface area (Å²) in [5.74, 6) is 0.587. The molecule has 40 heavy (non-hydrogen) atoms. The molecule has 214 valence electrons. The molecule has 1 atom stereocenters. The smallest absolute Gasteiger partial charge is 0.303 e. The van der Waals surface area contributed by atoms with Gasteiger partial charge in [0, 0.05) is 18.1 Å². The Morgan fingerprint density at radius 3 is 2.33 bits per heavy atom. The largest absolute Gasteiger partial charge is 0.497 e. The number of carbonyl (C=O) groups is 1. The lowest BCUT2D eigenvalue weighted by Crippen LogP contribution is -2.17. The van der Waals surface area contributed by atoms with Gasteiger partial charge in [-0.05, 0) is 89.1 Å². The Balaban J connectivity index is 0.000000848. The molecule has 0 saturated heterocycles. The van der Waals surface area contributed by atoms with Crippen molar-refractivity contribution in [3.05, 3.63) is 82.9 Å². The molecule has 2 aliphatic carbocycles. The fraction of sp³-hybridized carbons (Fsp3) is 0.441. The monoisotopic (exact) mass is 550 g/mol. The highest BCUT2D eigenvalue weighted by molar-refractivity contribution is 5.71. The lowest BCUT2D eigenvalue weighted by molar-refractivity contribution is -0.136. The number of benzene rings is 3. The summed E-state index contributed by atoms with van der Waals surface area (Å²) in [6, 6.07) is 15.0. The first-order chi connectivity index (χ1) is 19.1. The third kappa shape index (κ3) is 7.83. The molecule has 0 aromatic heterocycles. The fourth-order valence-corrected chi connectivity index (χ4v) is 5.41. The Morgan fingerprint density at radius 2 is 1.70 bits per heavy atom. The summed E-state index contributed by atoms with van der Waals surface area (Å²) in [6.07, 6.45) is 6.35. The Kier molecular flexibility index (Phi) is 9.49. The zero-order valence-electron chi connectivity index (χ0n) is 23.9. The highest BCUT2D eigenvalue weighted by Gasteiger charge is 2.37. The normalized spacial score (nSPS) is 17.6. The van der Waals surface area contributed by atoms with Gasteiger partial charge in [-0.3, -0.25) is 4.79 Å². The Morgan fingerprint density at radius 1 is 0.950 bits per heavy atom. The number of ether oxygens (including phenoxy) is 2. The second-order valence-corrected chi connectivity index (χ2v) is 11.9.